The second-order valence-corrected chi connectivity index (χ2v) is 13.0. The quantitative estimate of drug-likeness (QED) is 0.347. The van der Waals surface area contributed by atoms with Crippen molar-refractivity contribution < 1.29 is 13.2 Å². The monoisotopic (exact) mass is 573 g/mol. The Kier molecular flexibility index (Phi) is 7.10. The molecule has 13 heteroatoms. The molecule has 38 heavy (non-hydrogen) atoms. The zero-order valence-electron chi connectivity index (χ0n) is 21.0. The second-order valence-electron chi connectivity index (χ2n) is 9.46. The van der Waals surface area contributed by atoms with Gasteiger partial charge in [-0.25, -0.2) is 23.1 Å². The van der Waals surface area contributed by atoms with Crippen molar-refractivity contribution in [1.82, 2.24) is 29.0 Å². The first-order chi connectivity index (χ1) is 18.3. The van der Waals surface area contributed by atoms with E-state index in [9.17, 15) is 8.42 Å². The van der Waals surface area contributed by atoms with Crippen molar-refractivity contribution in [2.75, 3.05) is 63.6 Å². The van der Waals surface area contributed by atoms with Crippen LogP contribution in [0.2, 0.25) is 5.02 Å². The molecule has 2 saturated heterocycles. The van der Waals surface area contributed by atoms with Crippen LogP contribution in [0.5, 0.6) is 0 Å². The number of piperazine rings is 1. The third kappa shape index (κ3) is 5.42. The molecule has 10 nitrogen and oxygen atoms in total. The fourth-order valence-electron chi connectivity index (χ4n) is 4.79. The molecule has 0 aliphatic carbocycles. The number of thiophene rings is 1. The van der Waals surface area contributed by atoms with Gasteiger partial charge in [0.2, 0.25) is 10.0 Å². The van der Waals surface area contributed by atoms with Crippen LogP contribution in [0, 0.1) is 0 Å². The minimum Gasteiger partial charge on any atom is -0.378 e. The number of sulfonamides is 1. The molecule has 200 valence electrons. The smallest absolute Gasteiger partial charge is 0.211 e. The molecule has 3 aromatic heterocycles. The van der Waals surface area contributed by atoms with E-state index in [0.29, 0.717) is 55.9 Å². The zero-order valence-corrected chi connectivity index (χ0v) is 23.3. The zero-order chi connectivity index (χ0) is 26.3. The maximum Gasteiger partial charge on any atom is 0.211 e. The van der Waals surface area contributed by atoms with Crippen molar-refractivity contribution in [3.63, 3.8) is 0 Å². The lowest BCUT2D eigenvalue weighted by molar-refractivity contribution is 0.122. The summed E-state index contributed by atoms with van der Waals surface area (Å²) in [6.45, 7) is 6.04. The summed E-state index contributed by atoms with van der Waals surface area (Å²) in [7, 11) is -3.15. The van der Waals surface area contributed by atoms with Gasteiger partial charge in [0.15, 0.2) is 11.6 Å². The van der Waals surface area contributed by atoms with Gasteiger partial charge in [0.1, 0.15) is 5.69 Å². The summed E-state index contributed by atoms with van der Waals surface area (Å²) < 4.78 is 33.7. The van der Waals surface area contributed by atoms with Crippen LogP contribution in [0.25, 0.3) is 27.4 Å². The second kappa shape index (κ2) is 10.5. The number of halogens is 1. The van der Waals surface area contributed by atoms with Gasteiger partial charge in [-0.2, -0.15) is 9.40 Å². The minimum atomic E-state index is -3.15. The molecule has 0 bridgehead atoms. The van der Waals surface area contributed by atoms with E-state index in [-0.39, 0.29) is 0 Å². The Morgan fingerprint density at radius 2 is 1.82 bits per heavy atom. The highest BCUT2D eigenvalue weighted by molar-refractivity contribution is 7.88. The molecule has 2 fully saturated rings. The molecule has 0 radical (unpaired) electrons. The maximum atomic E-state index is 11.9. The first-order valence-corrected chi connectivity index (χ1v) is 15.5. The highest BCUT2D eigenvalue weighted by Crippen LogP contribution is 2.35. The van der Waals surface area contributed by atoms with Crippen LogP contribution in [0.1, 0.15) is 4.88 Å². The van der Waals surface area contributed by atoms with Gasteiger partial charge in [-0.15, -0.1) is 11.3 Å². The standard InChI is InChI=1S/C25H28ClN7O3S2/c1-38(34,35)32-9-7-30(8-10-32)17-20-16-22-23(37-20)25(31-11-13-36-14-12-31)28-24(27-22)21-5-6-33(29-21)19-4-2-3-18(26)15-19/h2-6,15-16H,7-14,17H2,1H3. The molecule has 0 amide bonds. The summed E-state index contributed by atoms with van der Waals surface area (Å²) in [4.78, 5) is 15.6. The van der Waals surface area contributed by atoms with E-state index in [4.69, 9.17) is 31.4 Å². The highest BCUT2D eigenvalue weighted by atomic mass is 35.5. The van der Waals surface area contributed by atoms with Crippen LogP contribution in [0.4, 0.5) is 5.82 Å². The Hall–Kier alpha value is -2.61. The van der Waals surface area contributed by atoms with E-state index in [2.05, 4.69) is 15.9 Å². The van der Waals surface area contributed by atoms with E-state index in [1.807, 2.05) is 36.5 Å². The van der Waals surface area contributed by atoms with E-state index < -0.39 is 10.0 Å². The number of ether oxygens (including phenoxy) is 1. The Labute approximate surface area is 230 Å². The van der Waals surface area contributed by atoms with Gasteiger partial charge in [0, 0.05) is 61.9 Å². The lowest BCUT2D eigenvalue weighted by Gasteiger charge is -2.32. The van der Waals surface area contributed by atoms with Gasteiger partial charge in [0.05, 0.1) is 35.4 Å². The lowest BCUT2D eigenvalue weighted by atomic mass is 10.3. The van der Waals surface area contributed by atoms with Crippen LogP contribution >= 0.6 is 22.9 Å². The molecule has 2 aliphatic rings. The number of hydrogen-bond acceptors (Lipinski definition) is 9. The molecule has 0 unspecified atom stereocenters. The van der Waals surface area contributed by atoms with Gasteiger partial charge >= 0.3 is 0 Å². The van der Waals surface area contributed by atoms with E-state index in [1.54, 1.807) is 20.3 Å². The highest BCUT2D eigenvalue weighted by Gasteiger charge is 2.25. The molecule has 4 aromatic rings. The summed E-state index contributed by atoms with van der Waals surface area (Å²) in [5.74, 6) is 1.48. The largest absolute Gasteiger partial charge is 0.378 e. The molecule has 0 N–H and O–H groups in total. The SMILES string of the molecule is CS(=O)(=O)N1CCN(Cc2cc3nc(-c4ccn(-c5cccc(Cl)c5)n4)nc(N4CCOCC4)c3s2)CC1. The van der Waals surface area contributed by atoms with E-state index >= 15 is 0 Å². The van der Waals surface area contributed by atoms with Crippen LogP contribution in [-0.4, -0.2) is 96.1 Å². The van der Waals surface area contributed by atoms with Gasteiger partial charge < -0.3 is 9.64 Å². The summed E-state index contributed by atoms with van der Waals surface area (Å²) in [6.07, 6.45) is 3.16. The molecular formula is C25H28ClN7O3S2. The Morgan fingerprint density at radius 1 is 1.03 bits per heavy atom. The molecule has 0 saturated carbocycles. The number of aromatic nitrogens is 4. The Bertz CT molecular complexity index is 1560. The summed E-state index contributed by atoms with van der Waals surface area (Å²) in [5, 5.41) is 5.39. The first kappa shape index (κ1) is 25.7. The van der Waals surface area contributed by atoms with Gasteiger partial charge in [0.25, 0.3) is 0 Å². The van der Waals surface area contributed by atoms with Crippen LogP contribution < -0.4 is 4.90 Å². The minimum absolute atomic E-state index is 0.516. The molecule has 0 spiro atoms. The Balaban J connectivity index is 1.31. The Morgan fingerprint density at radius 3 is 2.55 bits per heavy atom. The molecule has 0 atom stereocenters. The number of hydrogen-bond donors (Lipinski definition) is 0. The third-order valence-electron chi connectivity index (χ3n) is 6.79. The number of fused-ring (bicyclic) bond motifs is 1. The molecule has 1 aromatic carbocycles. The number of nitrogens with zero attached hydrogens (tertiary/aromatic N) is 7. The van der Waals surface area contributed by atoms with Crippen molar-refractivity contribution in [3.05, 3.63) is 52.5 Å². The van der Waals surface area contributed by atoms with Crippen LogP contribution in [-0.2, 0) is 21.3 Å². The van der Waals surface area contributed by atoms with Gasteiger partial charge in [-0.1, -0.05) is 17.7 Å². The molecule has 2 aliphatic heterocycles. The number of rotatable bonds is 6. The predicted molar refractivity (Wildman–Crippen MR) is 150 cm³/mol. The van der Waals surface area contributed by atoms with Crippen molar-refractivity contribution in [2.24, 2.45) is 0 Å². The molecule has 5 heterocycles. The third-order valence-corrected chi connectivity index (χ3v) is 9.43. The normalized spacial score (nSPS) is 17.9. The maximum absolute atomic E-state index is 11.9. The van der Waals surface area contributed by atoms with Crippen LogP contribution in [0.15, 0.2) is 42.6 Å². The molecular weight excluding hydrogens is 546 g/mol. The summed E-state index contributed by atoms with van der Waals surface area (Å²) >= 11 is 7.88. The number of anilines is 1. The van der Waals surface area contributed by atoms with Crippen molar-refractivity contribution in [1.29, 1.82) is 0 Å². The topological polar surface area (TPSA) is 96.7 Å². The molecule has 6 rings (SSSR count). The van der Waals surface area contributed by atoms with Gasteiger partial charge in [-0.3, -0.25) is 4.90 Å². The van der Waals surface area contributed by atoms with Crippen molar-refractivity contribution >= 4 is 49.0 Å². The van der Waals surface area contributed by atoms with Crippen molar-refractivity contribution in [3.8, 4) is 17.2 Å². The fraction of sp³-hybridized carbons (Fsp3) is 0.400. The van der Waals surface area contributed by atoms with E-state index in [1.165, 1.54) is 11.1 Å². The summed E-state index contributed by atoms with van der Waals surface area (Å²) in [5.41, 5.74) is 2.45. The lowest BCUT2D eigenvalue weighted by Crippen LogP contribution is -2.47. The first-order valence-electron chi connectivity index (χ1n) is 12.5. The average Bonchev–Trinajstić information content (AvgIpc) is 3.56. The summed E-state index contributed by atoms with van der Waals surface area (Å²) in [6, 6.07) is 11.6. The van der Waals surface area contributed by atoms with Gasteiger partial charge in [-0.05, 0) is 30.3 Å². The predicted octanol–water partition coefficient (Wildman–Crippen LogP) is 3.11. The average molecular weight is 574 g/mol. The van der Waals surface area contributed by atoms with Crippen molar-refractivity contribution in [2.45, 2.75) is 6.54 Å². The van der Waals surface area contributed by atoms with E-state index in [0.717, 1.165) is 41.4 Å². The number of morpholine rings is 1. The van der Waals surface area contributed by atoms with Crippen LogP contribution in [0.3, 0.4) is 0 Å². The number of benzene rings is 1. The fourth-order valence-corrected chi connectivity index (χ4v) is 6.96.